The number of ketones is 1. The summed E-state index contributed by atoms with van der Waals surface area (Å²) in [6.07, 6.45) is 1.47. The van der Waals surface area contributed by atoms with E-state index in [4.69, 9.17) is 11.6 Å². The summed E-state index contributed by atoms with van der Waals surface area (Å²) in [5, 5.41) is 3.25. The minimum Gasteiger partial charge on any atom is -0.468 e. The first-order chi connectivity index (χ1) is 8.06. The molecule has 0 aromatic carbocycles. The van der Waals surface area contributed by atoms with E-state index in [0.29, 0.717) is 29.5 Å². The van der Waals surface area contributed by atoms with Gasteiger partial charge in [-0.3, -0.25) is 9.59 Å². The molecule has 0 bridgehead atoms. The Hall–Kier alpha value is -1.62. The molecule has 1 N–H and O–H groups in total. The number of carbonyl (C=O) groups is 2. The minimum absolute atomic E-state index is 0.0245. The number of carbonyl (C=O) groups excluding carboxylic acids is 2. The minimum atomic E-state index is -0.0245. The summed E-state index contributed by atoms with van der Waals surface area (Å²) in [4.78, 5) is 24.0. The Labute approximate surface area is 105 Å². The molecule has 5 nitrogen and oxygen atoms in total. The largest absolute Gasteiger partial charge is 0.468 e. The van der Waals surface area contributed by atoms with Gasteiger partial charge in [-0.05, 0) is 19.9 Å². The summed E-state index contributed by atoms with van der Waals surface area (Å²) in [5.41, 5.74) is 1.27. The molecule has 1 heterocycles. The van der Waals surface area contributed by atoms with Crippen molar-refractivity contribution in [1.82, 2.24) is 4.98 Å². The van der Waals surface area contributed by atoms with E-state index in [-0.39, 0.29) is 5.78 Å². The average molecular weight is 259 g/mol. The van der Waals surface area contributed by atoms with Crippen molar-refractivity contribution in [3.05, 3.63) is 23.0 Å². The van der Waals surface area contributed by atoms with Gasteiger partial charge in [0.15, 0.2) is 5.78 Å². The van der Waals surface area contributed by atoms with Gasteiger partial charge in [-0.25, -0.2) is 4.98 Å². The molecule has 0 unspecified atom stereocenters. The number of nitrogens with zero attached hydrogens (tertiary/aromatic N) is 1. The van der Waals surface area contributed by atoms with Crippen molar-refractivity contribution in [2.75, 3.05) is 19.0 Å². The van der Waals surface area contributed by atoms with Gasteiger partial charge < -0.3 is 10.1 Å². The number of hydrogen-bond acceptors (Lipinski definition) is 5. The number of anilines is 1. The normalized spacial score (nSPS) is 8.71. The van der Waals surface area contributed by atoms with Crippen LogP contribution in [0.25, 0.3) is 0 Å². The molecule has 17 heavy (non-hydrogen) atoms. The van der Waals surface area contributed by atoms with Crippen LogP contribution in [0.2, 0.25) is 5.15 Å². The number of aromatic nitrogens is 1. The van der Waals surface area contributed by atoms with Crippen molar-refractivity contribution < 1.29 is 14.3 Å². The second-order valence-corrected chi connectivity index (χ2v) is 3.30. The predicted molar refractivity (Wildman–Crippen MR) is 66.5 cm³/mol. The van der Waals surface area contributed by atoms with Gasteiger partial charge in [-0.2, -0.15) is 0 Å². The highest BCUT2D eigenvalue weighted by Gasteiger charge is 2.06. The SMILES string of the molecule is CCOC=O.CNc1cc(Cl)ncc1C(C)=O. The van der Waals surface area contributed by atoms with Crippen molar-refractivity contribution in [1.29, 1.82) is 0 Å². The number of Topliss-reactive ketones (excluding diaryl/α,β-unsaturated/α-hetero) is 1. The fourth-order valence-corrected chi connectivity index (χ4v) is 1.14. The molecule has 0 aliphatic rings. The number of pyridine rings is 1. The maximum Gasteiger partial charge on any atom is 0.293 e. The lowest BCUT2D eigenvalue weighted by Crippen LogP contribution is -2.00. The Morgan fingerprint density at radius 3 is 2.65 bits per heavy atom. The van der Waals surface area contributed by atoms with Crippen LogP contribution in [0.3, 0.4) is 0 Å². The highest BCUT2D eigenvalue weighted by atomic mass is 35.5. The molecule has 94 valence electrons. The second-order valence-electron chi connectivity index (χ2n) is 2.91. The summed E-state index contributed by atoms with van der Waals surface area (Å²) in [6, 6.07) is 1.62. The Morgan fingerprint density at radius 1 is 1.65 bits per heavy atom. The van der Waals surface area contributed by atoms with E-state index in [1.54, 1.807) is 20.0 Å². The van der Waals surface area contributed by atoms with Crippen LogP contribution in [0.1, 0.15) is 24.2 Å². The number of nitrogens with one attached hydrogen (secondary N) is 1. The molecular formula is C11H15ClN2O3. The van der Waals surface area contributed by atoms with Crippen molar-refractivity contribution in [3.63, 3.8) is 0 Å². The first kappa shape index (κ1) is 15.4. The molecule has 0 radical (unpaired) electrons. The molecule has 0 fully saturated rings. The molecule has 0 aliphatic heterocycles. The molecule has 1 rings (SSSR count). The van der Waals surface area contributed by atoms with E-state index in [2.05, 4.69) is 15.0 Å². The average Bonchev–Trinajstić information content (AvgIpc) is 2.30. The van der Waals surface area contributed by atoms with Gasteiger partial charge in [-0.1, -0.05) is 11.6 Å². The Bertz CT molecular complexity index is 383. The topological polar surface area (TPSA) is 68.3 Å². The van der Waals surface area contributed by atoms with Crippen LogP contribution in [0, 0.1) is 0 Å². The molecule has 0 spiro atoms. The third-order valence-electron chi connectivity index (χ3n) is 1.75. The first-order valence-electron chi connectivity index (χ1n) is 4.96. The fraction of sp³-hybridized carbons (Fsp3) is 0.364. The molecule has 1 aromatic rings. The smallest absolute Gasteiger partial charge is 0.293 e. The number of halogens is 1. The molecule has 0 amide bonds. The molecule has 1 aromatic heterocycles. The zero-order valence-electron chi connectivity index (χ0n) is 9.99. The fourth-order valence-electron chi connectivity index (χ4n) is 0.985. The highest BCUT2D eigenvalue weighted by molar-refractivity contribution is 6.29. The summed E-state index contributed by atoms with van der Waals surface area (Å²) in [5.74, 6) is -0.0245. The maximum atomic E-state index is 11.0. The zero-order valence-corrected chi connectivity index (χ0v) is 10.7. The van der Waals surface area contributed by atoms with Crippen LogP contribution in [-0.4, -0.2) is 30.9 Å². The lowest BCUT2D eigenvalue weighted by molar-refractivity contribution is -0.128. The monoisotopic (exact) mass is 258 g/mol. The van der Waals surface area contributed by atoms with Gasteiger partial charge in [0.25, 0.3) is 6.47 Å². The van der Waals surface area contributed by atoms with Gasteiger partial charge in [-0.15, -0.1) is 0 Å². The van der Waals surface area contributed by atoms with E-state index in [0.717, 1.165) is 0 Å². The van der Waals surface area contributed by atoms with Crippen molar-refractivity contribution in [2.45, 2.75) is 13.8 Å². The van der Waals surface area contributed by atoms with Crippen molar-refractivity contribution in [3.8, 4) is 0 Å². The lowest BCUT2D eigenvalue weighted by atomic mass is 10.2. The summed E-state index contributed by atoms with van der Waals surface area (Å²) in [7, 11) is 1.73. The molecule has 0 saturated heterocycles. The third kappa shape index (κ3) is 5.87. The van der Waals surface area contributed by atoms with Gasteiger partial charge in [0.1, 0.15) is 5.15 Å². The molecule has 6 heteroatoms. The Balaban J connectivity index is 0.000000437. The summed E-state index contributed by atoms with van der Waals surface area (Å²) >= 11 is 5.64. The maximum absolute atomic E-state index is 11.0. The lowest BCUT2D eigenvalue weighted by Gasteiger charge is -2.04. The Morgan fingerprint density at radius 2 is 2.29 bits per heavy atom. The number of hydrogen-bond donors (Lipinski definition) is 1. The van der Waals surface area contributed by atoms with E-state index in [9.17, 15) is 9.59 Å². The van der Waals surface area contributed by atoms with Gasteiger partial charge >= 0.3 is 0 Å². The van der Waals surface area contributed by atoms with Gasteiger partial charge in [0.2, 0.25) is 0 Å². The van der Waals surface area contributed by atoms with Gasteiger partial charge in [0.05, 0.1) is 12.2 Å². The van der Waals surface area contributed by atoms with Crippen LogP contribution in [0.15, 0.2) is 12.3 Å². The van der Waals surface area contributed by atoms with Crippen LogP contribution in [0.5, 0.6) is 0 Å². The van der Waals surface area contributed by atoms with Crippen molar-refractivity contribution >= 4 is 29.5 Å². The summed E-state index contributed by atoms with van der Waals surface area (Å²) in [6.45, 7) is 4.16. The van der Waals surface area contributed by atoms with Gasteiger partial charge in [0, 0.05) is 18.9 Å². The van der Waals surface area contributed by atoms with Crippen LogP contribution >= 0.6 is 11.6 Å². The van der Waals surface area contributed by atoms with Crippen LogP contribution < -0.4 is 5.32 Å². The molecule has 0 saturated carbocycles. The van der Waals surface area contributed by atoms with E-state index >= 15 is 0 Å². The van der Waals surface area contributed by atoms with Crippen LogP contribution in [0.4, 0.5) is 5.69 Å². The quantitative estimate of drug-likeness (QED) is 0.509. The molecule has 0 atom stereocenters. The van der Waals surface area contributed by atoms with Crippen LogP contribution in [-0.2, 0) is 9.53 Å². The first-order valence-corrected chi connectivity index (χ1v) is 5.34. The van der Waals surface area contributed by atoms with E-state index in [1.165, 1.54) is 13.1 Å². The molecule has 0 aliphatic carbocycles. The second kappa shape index (κ2) is 8.52. The van der Waals surface area contributed by atoms with E-state index in [1.807, 2.05) is 0 Å². The Kier molecular flexibility index (Phi) is 7.71. The molecular weight excluding hydrogens is 244 g/mol. The summed E-state index contributed by atoms with van der Waals surface area (Å²) < 4.78 is 4.15. The third-order valence-corrected chi connectivity index (χ3v) is 1.96. The number of ether oxygens (including phenoxy) is 1. The van der Waals surface area contributed by atoms with Crippen molar-refractivity contribution in [2.24, 2.45) is 0 Å². The standard InChI is InChI=1S/C8H9ClN2O.C3H6O2/c1-5(12)6-4-11-8(9)3-7(6)10-2;1-2-5-3-4/h3-4H,1-2H3,(H,10,11);3H,2H2,1H3. The predicted octanol–water partition coefficient (Wildman–Crippen LogP) is 2.16. The van der Waals surface area contributed by atoms with E-state index < -0.39 is 0 Å². The highest BCUT2D eigenvalue weighted by Crippen LogP contribution is 2.18. The number of rotatable bonds is 4. The zero-order chi connectivity index (χ0) is 13.3.